The van der Waals surface area contributed by atoms with Crippen LogP contribution in [0, 0.1) is 6.92 Å². The number of aryl methyl sites for hydroxylation is 1. The Morgan fingerprint density at radius 3 is 2.55 bits per heavy atom. The molecule has 120 valence electrons. The van der Waals surface area contributed by atoms with E-state index in [1.165, 1.54) is 0 Å². The lowest BCUT2D eigenvalue weighted by molar-refractivity contribution is -0.0554. The smallest absolute Gasteiger partial charge is 0.374 e. The summed E-state index contributed by atoms with van der Waals surface area (Å²) in [7, 11) is 1.65. The van der Waals surface area contributed by atoms with Gasteiger partial charge in [0, 0.05) is 25.5 Å². The minimum Gasteiger partial charge on any atom is -0.454 e. The molecule has 1 saturated carbocycles. The van der Waals surface area contributed by atoms with Crippen LogP contribution in [0.2, 0.25) is 0 Å². The van der Waals surface area contributed by atoms with Crippen LogP contribution >= 0.6 is 0 Å². The van der Waals surface area contributed by atoms with E-state index in [1.807, 2.05) is 0 Å². The highest BCUT2D eigenvalue weighted by Gasteiger charge is 2.33. The number of furan rings is 1. The van der Waals surface area contributed by atoms with Gasteiger partial charge in [-0.05, 0) is 32.6 Å². The Balaban J connectivity index is 1.79. The van der Waals surface area contributed by atoms with Crippen LogP contribution in [0.4, 0.5) is 0 Å². The zero-order valence-electron chi connectivity index (χ0n) is 13.1. The van der Waals surface area contributed by atoms with Gasteiger partial charge in [0.25, 0.3) is 0 Å². The zero-order valence-corrected chi connectivity index (χ0v) is 13.1. The number of ketones is 1. The number of carbonyl (C=O) groups excluding carboxylic acids is 2. The summed E-state index contributed by atoms with van der Waals surface area (Å²) in [5, 5.41) is 0. The average Bonchev–Trinajstić information content (AvgIpc) is 2.86. The van der Waals surface area contributed by atoms with Gasteiger partial charge in [0.15, 0.2) is 5.78 Å². The van der Waals surface area contributed by atoms with E-state index in [-0.39, 0.29) is 23.8 Å². The molecule has 5 nitrogen and oxygen atoms in total. The molecule has 1 aromatic rings. The third kappa shape index (κ3) is 2.70. The van der Waals surface area contributed by atoms with Crippen LogP contribution in [0.15, 0.2) is 4.42 Å². The van der Waals surface area contributed by atoms with Gasteiger partial charge in [-0.2, -0.15) is 0 Å². The Labute approximate surface area is 130 Å². The maximum atomic E-state index is 12.4. The summed E-state index contributed by atoms with van der Waals surface area (Å²) < 4.78 is 16.7. The second-order valence-corrected chi connectivity index (χ2v) is 6.13. The van der Waals surface area contributed by atoms with E-state index in [0.29, 0.717) is 29.7 Å². The van der Waals surface area contributed by atoms with E-state index in [0.717, 1.165) is 32.1 Å². The van der Waals surface area contributed by atoms with Crippen LogP contribution in [0.3, 0.4) is 0 Å². The van der Waals surface area contributed by atoms with Crippen molar-refractivity contribution >= 4 is 11.8 Å². The molecule has 0 aromatic carbocycles. The molecule has 1 fully saturated rings. The zero-order chi connectivity index (χ0) is 15.7. The van der Waals surface area contributed by atoms with E-state index in [4.69, 9.17) is 13.9 Å². The summed E-state index contributed by atoms with van der Waals surface area (Å²) in [4.78, 5) is 24.4. The fourth-order valence-corrected chi connectivity index (χ4v) is 3.50. The van der Waals surface area contributed by atoms with Crippen molar-refractivity contribution in [3.05, 3.63) is 22.6 Å². The van der Waals surface area contributed by atoms with Crippen LogP contribution in [-0.2, 0) is 15.9 Å². The summed E-state index contributed by atoms with van der Waals surface area (Å²) in [5.41, 5.74) is 1.21. The molecule has 2 aliphatic carbocycles. The van der Waals surface area contributed by atoms with Crippen molar-refractivity contribution in [2.24, 2.45) is 0 Å². The number of fused-ring (bicyclic) bond motifs is 1. The first-order chi connectivity index (χ1) is 10.6. The van der Waals surface area contributed by atoms with Crippen molar-refractivity contribution in [3.63, 3.8) is 0 Å². The number of hydrogen-bond acceptors (Lipinski definition) is 5. The number of hydrogen-bond donors (Lipinski definition) is 0. The quantitative estimate of drug-likeness (QED) is 0.802. The molecule has 1 aromatic heterocycles. The Morgan fingerprint density at radius 2 is 1.86 bits per heavy atom. The summed E-state index contributed by atoms with van der Waals surface area (Å²) in [6.07, 6.45) is 5.56. The van der Waals surface area contributed by atoms with Gasteiger partial charge in [0.2, 0.25) is 5.76 Å². The molecule has 2 atom stereocenters. The Hall–Kier alpha value is -1.62. The average molecular weight is 306 g/mol. The summed E-state index contributed by atoms with van der Waals surface area (Å²) in [6, 6.07) is 0. The molecule has 0 unspecified atom stereocenters. The molecule has 0 bridgehead atoms. The first kappa shape index (κ1) is 15.3. The van der Waals surface area contributed by atoms with Gasteiger partial charge >= 0.3 is 5.97 Å². The number of methoxy groups -OCH3 is 1. The maximum Gasteiger partial charge on any atom is 0.374 e. The van der Waals surface area contributed by atoms with Gasteiger partial charge in [0.05, 0.1) is 11.7 Å². The van der Waals surface area contributed by atoms with Crippen molar-refractivity contribution in [2.75, 3.05) is 7.11 Å². The van der Waals surface area contributed by atoms with E-state index >= 15 is 0 Å². The van der Waals surface area contributed by atoms with Gasteiger partial charge in [-0.1, -0.05) is 6.42 Å². The maximum absolute atomic E-state index is 12.4. The molecular formula is C17H22O5. The topological polar surface area (TPSA) is 65.7 Å². The van der Waals surface area contributed by atoms with Gasteiger partial charge in [-0.3, -0.25) is 4.79 Å². The van der Waals surface area contributed by atoms with Crippen molar-refractivity contribution in [1.29, 1.82) is 0 Å². The van der Waals surface area contributed by atoms with Crippen LogP contribution in [-0.4, -0.2) is 31.1 Å². The standard InChI is InChI=1S/C17H22O5/c1-10-15-11(18)6-5-9-14(15)21-16(10)17(19)22-13-8-4-3-7-12(13)20-2/h12-13H,3-9H2,1-2H3/t12-,13+/m0/s1. The van der Waals surface area contributed by atoms with E-state index in [1.54, 1.807) is 14.0 Å². The minimum absolute atomic E-state index is 0.0516. The van der Waals surface area contributed by atoms with E-state index < -0.39 is 5.97 Å². The number of carbonyl (C=O) groups is 2. The molecule has 0 spiro atoms. The second-order valence-electron chi connectivity index (χ2n) is 6.13. The van der Waals surface area contributed by atoms with Gasteiger partial charge in [-0.25, -0.2) is 4.79 Å². The highest BCUT2D eigenvalue weighted by molar-refractivity contribution is 6.02. The molecule has 0 radical (unpaired) electrons. The summed E-state index contributed by atoms with van der Waals surface area (Å²) in [6.45, 7) is 1.76. The lowest BCUT2D eigenvalue weighted by Gasteiger charge is -2.29. The Morgan fingerprint density at radius 1 is 1.14 bits per heavy atom. The van der Waals surface area contributed by atoms with Gasteiger partial charge in [-0.15, -0.1) is 0 Å². The predicted molar refractivity (Wildman–Crippen MR) is 79.2 cm³/mol. The van der Waals surface area contributed by atoms with Crippen LogP contribution in [0.5, 0.6) is 0 Å². The monoisotopic (exact) mass is 306 g/mol. The number of rotatable bonds is 3. The lowest BCUT2D eigenvalue weighted by atomic mass is 9.93. The fraction of sp³-hybridized carbons (Fsp3) is 0.647. The predicted octanol–water partition coefficient (Wildman–Crippen LogP) is 3.22. The van der Waals surface area contributed by atoms with Gasteiger partial charge in [0.1, 0.15) is 11.9 Å². The Kier molecular flexibility index (Phi) is 4.34. The molecule has 0 N–H and O–H groups in total. The Bertz CT molecular complexity index is 586. The van der Waals surface area contributed by atoms with E-state index in [9.17, 15) is 9.59 Å². The van der Waals surface area contributed by atoms with Crippen LogP contribution in [0.1, 0.15) is 70.8 Å². The van der Waals surface area contributed by atoms with Crippen molar-refractivity contribution in [2.45, 2.75) is 64.1 Å². The normalized spacial score (nSPS) is 24.9. The summed E-state index contributed by atoms with van der Waals surface area (Å²) >= 11 is 0. The molecular weight excluding hydrogens is 284 g/mol. The number of esters is 1. The number of ether oxygens (including phenoxy) is 2. The molecule has 1 heterocycles. The fourth-order valence-electron chi connectivity index (χ4n) is 3.50. The van der Waals surface area contributed by atoms with Crippen molar-refractivity contribution in [1.82, 2.24) is 0 Å². The lowest BCUT2D eigenvalue weighted by Crippen LogP contribution is -2.35. The summed E-state index contributed by atoms with van der Waals surface area (Å²) in [5.74, 6) is 0.399. The molecule has 0 amide bonds. The van der Waals surface area contributed by atoms with Crippen molar-refractivity contribution in [3.8, 4) is 0 Å². The van der Waals surface area contributed by atoms with Crippen molar-refractivity contribution < 1.29 is 23.5 Å². The van der Waals surface area contributed by atoms with E-state index in [2.05, 4.69) is 0 Å². The molecule has 3 rings (SSSR count). The van der Waals surface area contributed by atoms with Crippen LogP contribution < -0.4 is 0 Å². The third-order valence-electron chi connectivity index (χ3n) is 4.69. The third-order valence-corrected chi connectivity index (χ3v) is 4.69. The molecule has 5 heteroatoms. The minimum atomic E-state index is -0.478. The molecule has 22 heavy (non-hydrogen) atoms. The molecule has 0 aliphatic heterocycles. The second kappa shape index (κ2) is 6.24. The highest BCUT2D eigenvalue weighted by Crippen LogP contribution is 2.31. The SMILES string of the molecule is CO[C@H]1CCCC[C@H]1OC(=O)c1oc2c(c1C)C(=O)CCC2. The molecule has 0 saturated heterocycles. The highest BCUT2D eigenvalue weighted by atomic mass is 16.6. The largest absolute Gasteiger partial charge is 0.454 e. The molecule has 2 aliphatic rings. The first-order valence-electron chi connectivity index (χ1n) is 8.01. The van der Waals surface area contributed by atoms with Crippen LogP contribution in [0.25, 0.3) is 0 Å². The number of Topliss-reactive ketones (excluding diaryl/α,β-unsaturated/α-hetero) is 1. The first-order valence-corrected chi connectivity index (χ1v) is 8.01. The van der Waals surface area contributed by atoms with Gasteiger partial charge < -0.3 is 13.9 Å².